The number of carbonyl (C=O) groups is 1. The van der Waals surface area contributed by atoms with Gasteiger partial charge in [-0.25, -0.2) is 0 Å². The predicted molar refractivity (Wildman–Crippen MR) is 80.7 cm³/mol. The summed E-state index contributed by atoms with van der Waals surface area (Å²) in [5, 5.41) is 0. The van der Waals surface area contributed by atoms with Crippen molar-refractivity contribution in [1.29, 1.82) is 0 Å². The number of likely N-dealkylation sites (N-methyl/N-ethyl adjacent to an activating group) is 1. The van der Waals surface area contributed by atoms with Crippen molar-refractivity contribution in [2.24, 2.45) is 17.6 Å². The summed E-state index contributed by atoms with van der Waals surface area (Å²) in [5.74, 6) is -0.288. The second kappa shape index (κ2) is 7.19. The van der Waals surface area contributed by atoms with Crippen LogP contribution in [0.25, 0.3) is 0 Å². The Hall–Kier alpha value is -1.49. The van der Waals surface area contributed by atoms with Crippen LogP contribution in [0.2, 0.25) is 0 Å². The molecule has 1 heterocycles. The van der Waals surface area contributed by atoms with Gasteiger partial charge in [-0.05, 0) is 18.1 Å². The predicted octanol–water partition coefficient (Wildman–Crippen LogP) is 1.64. The van der Waals surface area contributed by atoms with Gasteiger partial charge >= 0.3 is 0 Å². The van der Waals surface area contributed by atoms with Crippen LogP contribution in [0.15, 0.2) is 24.4 Å². The van der Waals surface area contributed by atoms with Gasteiger partial charge in [-0.3, -0.25) is 9.78 Å². The van der Waals surface area contributed by atoms with Crippen molar-refractivity contribution in [2.45, 2.75) is 20.3 Å². The summed E-state index contributed by atoms with van der Waals surface area (Å²) in [4.78, 5) is 18.5. The summed E-state index contributed by atoms with van der Waals surface area (Å²) in [6, 6.07) is 5.77. The van der Waals surface area contributed by atoms with Gasteiger partial charge < -0.3 is 10.6 Å². The zero-order valence-corrected chi connectivity index (χ0v) is 12.5. The number of rotatable bonds is 6. The molecule has 0 aliphatic carbocycles. The molecule has 0 saturated heterocycles. The Bertz CT molecular complexity index is 434. The number of carbonyl (C=O) groups excluding carboxylic acids is 1. The number of aromatic nitrogens is 1. The summed E-state index contributed by atoms with van der Waals surface area (Å²) in [7, 11) is 1.78. The second-order valence-electron chi connectivity index (χ2n) is 4.95. The quantitative estimate of drug-likeness (QED) is 0.804. The lowest BCUT2D eigenvalue weighted by atomic mass is 9.94. The summed E-state index contributed by atoms with van der Waals surface area (Å²) in [6.07, 6.45) is 2.48. The van der Waals surface area contributed by atoms with E-state index in [-0.39, 0.29) is 22.7 Å². The third-order valence-corrected chi connectivity index (χ3v) is 3.30. The van der Waals surface area contributed by atoms with E-state index >= 15 is 0 Å². The smallest absolute Gasteiger partial charge is 0.232 e. The van der Waals surface area contributed by atoms with E-state index in [0.717, 1.165) is 12.1 Å². The van der Waals surface area contributed by atoms with Crippen LogP contribution < -0.4 is 5.73 Å². The number of hydrogen-bond donors (Lipinski definition) is 1. The normalized spacial score (nSPS) is 12.2. The molecule has 1 aromatic rings. The van der Waals surface area contributed by atoms with Crippen LogP contribution in [-0.2, 0) is 11.2 Å². The Kier molecular flexibility index (Phi) is 5.89. The molecule has 4 nitrogen and oxygen atoms in total. The van der Waals surface area contributed by atoms with Gasteiger partial charge in [0.05, 0.1) is 10.9 Å². The average Bonchev–Trinajstić information content (AvgIpc) is 2.36. The summed E-state index contributed by atoms with van der Waals surface area (Å²) in [6.45, 7) is 4.52. The van der Waals surface area contributed by atoms with E-state index in [1.165, 1.54) is 0 Å². The molecule has 104 valence electrons. The lowest BCUT2D eigenvalue weighted by Crippen LogP contribution is -2.42. The van der Waals surface area contributed by atoms with Crippen molar-refractivity contribution in [2.75, 3.05) is 13.6 Å². The monoisotopic (exact) mass is 279 g/mol. The molecule has 0 spiro atoms. The first kappa shape index (κ1) is 15.6. The molecule has 0 aromatic carbocycles. The first-order chi connectivity index (χ1) is 8.93. The highest BCUT2D eigenvalue weighted by atomic mass is 32.1. The number of amides is 1. The first-order valence-corrected chi connectivity index (χ1v) is 6.78. The van der Waals surface area contributed by atoms with Crippen LogP contribution in [0.4, 0.5) is 0 Å². The Labute approximate surface area is 120 Å². The molecule has 1 atom stereocenters. The Morgan fingerprint density at radius 2 is 2.16 bits per heavy atom. The van der Waals surface area contributed by atoms with Crippen LogP contribution in [0.5, 0.6) is 0 Å². The first-order valence-electron chi connectivity index (χ1n) is 6.37. The second-order valence-corrected chi connectivity index (χ2v) is 5.43. The van der Waals surface area contributed by atoms with E-state index in [4.69, 9.17) is 18.0 Å². The molecule has 1 aromatic heterocycles. The van der Waals surface area contributed by atoms with Crippen molar-refractivity contribution < 1.29 is 4.79 Å². The van der Waals surface area contributed by atoms with E-state index in [9.17, 15) is 4.79 Å². The molecule has 0 fully saturated rings. The van der Waals surface area contributed by atoms with Gasteiger partial charge in [0.25, 0.3) is 0 Å². The highest BCUT2D eigenvalue weighted by molar-refractivity contribution is 7.80. The molecule has 0 bridgehead atoms. The molecule has 1 rings (SSSR count). The van der Waals surface area contributed by atoms with Crippen LogP contribution in [0, 0.1) is 11.8 Å². The Morgan fingerprint density at radius 1 is 1.47 bits per heavy atom. The van der Waals surface area contributed by atoms with E-state index < -0.39 is 0 Å². The maximum atomic E-state index is 12.3. The SMILES string of the molecule is CC(C)C(C(=O)N(C)CCc1ccccn1)C(N)=S. The largest absolute Gasteiger partial charge is 0.393 e. The van der Waals surface area contributed by atoms with Crippen LogP contribution in [0.3, 0.4) is 0 Å². The van der Waals surface area contributed by atoms with E-state index in [1.54, 1.807) is 18.1 Å². The van der Waals surface area contributed by atoms with Gasteiger partial charge in [-0.15, -0.1) is 0 Å². The highest BCUT2D eigenvalue weighted by Gasteiger charge is 2.27. The van der Waals surface area contributed by atoms with Gasteiger partial charge in [-0.2, -0.15) is 0 Å². The summed E-state index contributed by atoms with van der Waals surface area (Å²) >= 11 is 4.98. The average molecular weight is 279 g/mol. The summed E-state index contributed by atoms with van der Waals surface area (Å²) < 4.78 is 0. The van der Waals surface area contributed by atoms with Gasteiger partial charge in [-0.1, -0.05) is 32.1 Å². The lowest BCUT2D eigenvalue weighted by Gasteiger charge is -2.25. The molecular formula is C14H21N3OS. The van der Waals surface area contributed by atoms with Crippen molar-refractivity contribution in [3.05, 3.63) is 30.1 Å². The van der Waals surface area contributed by atoms with Crippen molar-refractivity contribution >= 4 is 23.1 Å². The molecule has 2 N–H and O–H groups in total. The number of thiocarbonyl (C=S) groups is 1. The molecule has 0 radical (unpaired) electrons. The van der Waals surface area contributed by atoms with Crippen molar-refractivity contribution in [1.82, 2.24) is 9.88 Å². The molecule has 1 unspecified atom stereocenters. The molecule has 0 aliphatic heterocycles. The number of nitrogens with zero attached hydrogens (tertiary/aromatic N) is 2. The number of nitrogens with two attached hydrogens (primary N) is 1. The standard InChI is InChI=1S/C14H21N3OS/c1-10(2)12(13(15)19)14(18)17(3)9-7-11-6-4-5-8-16-11/h4-6,8,10,12H,7,9H2,1-3H3,(H2,15,19). The van der Waals surface area contributed by atoms with Crippen molar-refractivity contribution in [3.8, 4) is 0 Å². The molecule has 1 amide bonds. The fourth-order valence-corrected chi connectivity index (χ4v) is 2.28. The van der Waals surface area contributed by atoms with Crippen molar-refractivity contribution in [3.63, 3.8) is 0 Å². The van der Waals surface area contributed by atoms with Crippen LogP contribution in [-0.4, -0.2) is 34.4 Å². The maximum Gasteiger partial charge on any atom is 0.232 e. The highest BCUT2D eigenvalue weighted by Crippen LogP contribution is 2.14. The summed E-state index contributed by atoms with van der Waals surface area (Å²) in [5.41, 5.74) is 6.63. The number of pyridine rings is 1. The van der Waals surface area contributed by atoms with E-state index in [2.05, 4.69) is 4.98 Å². The van der Waals surface area contributed by atoms with Crippen LogP contribution >= 0.6 is 12.2 Å². The fraction of sp³-hybridized carbons (Fsp3) is 0.500. The molecule has 0 saturated carbocycles. The van der Waals surface area contributed by atoms with Gasteiger partial charge in [0.15, 0.2) is 0 Å². The fourth-order valence-electron chi connectivity index (χ4n) is 1.91. The zero-order valence-electron chi connectivity index (χ0n) is 11.7. The van der Waals surface area contributed by atoms with E-state index in [1.807, 2.05) is 32.0 Å². The van der Waals surface area contributed by atoms with Gasteiger partial charge in [0, 0.05) is 31.9 Å². The lowest BCUT2D eigenvalue weighted by molar-refractivity contribution is -0.133. The van der Waals surface area contributed by atoms with Crippen LogP contribution in [0.1, 0.15) is 19.5 Å². The topological polar surface area (TPSA) is 59.2 Å². The molecule has 5 heteroatoms. The zero-order chi connectivity index (χ0) is 14.4. The Morgan fingerprint density at radius 3 is 2.63 bits per heavy atom. The molecular weight excluding hydrogens is 258 g/mol. The molecule has 19 heavy (non-hydrogen) atoms. The number of hydrogen-bond acceptors (Lipinski definition) is 3. The Balaban J connectivity index is 2.59. The third kappa shape index (κ3) is 4.59. The minimum Gasteiger partial charge on any atom is -0.393 e. The van der Waals surface area contributed by atoms with E-state index in [0.29, 0.717) is 6.54 Å². The molecule has 0 aliphatic rings. The maximum absolute atomic E-state index is 12.3. The minimum atomic E-state index is -0.385. The third-order valence-electron chi connectivity index (χ3n) is 3.04. The van der Waals surface area contributed by atoms with Gasteiger partial charge in [0.2, 0.25) is 5.91 Å². The van der Waals surface area contributed by atoms with Gasteiger partial charge in [0.1, 0.15) is 0 Å². The minimum absolute atomic E-state index is 0.0153.